The van der Waals surface area contributed by atoms with Gasteiger partial charge in [-0.2, -0.15) is 0 Å². The van der Waals surface area contributed by atoms with Crippen LogP contribution >= 0.6 is 11.3 Å². The quantitative estimate of drug-likeness (QED) is 0.899. The van der Waals surface area contributed by atoms with E-state index in [-0.39, 0.29) is 6.04 Å². The topological polar surface area (TPSA) is 54.5 Å². The number of benzene rings is 1. The van der Waals surface area contributed by atoms with Gasteiger partial charge in [-0.25, -0.2) is 0 Å². The minimum absolute atomic E-state index is 0.179. The molecule has 0 fully saturated rings. The first-order valence-corrected chi connectivity index (χ1v) is 6.68. The van der Waals surface area contributed by atoms with Crippen molar-refractivity contribution in [3.05, 3.63) is 46.4 Å². The molecule has 0 spiro atoms. The first kappa shape index (κ1) is 11.2. The molecule has 1 aliphatic heterocycles. The van der Waals surface area contributed by atoms with Crippen molar-refractivity contribution in [2.75, 3.05) is 11.4 Å². The molecule has 0 radical (unpaired) electrons. The fraction of sp³-hybridized carbons (Fsp3) is 0.231. The Hall–Kier alpha value is -1.88. The van der Waals surface area contributed by atoms with Gasteiger partial charge in [-0.3, -0.25) is 9.98 Å². The van der Waals surface area contributed by atoms with Crippen molar-refractivity contribution in [1.82, 2.24) is 4.98 Å². The minimum atomic E-state index is 0.179. The number of aromatic nitrogens is 1. The number of hydrogen-bond donors (Lipinski definition) is 1. The molecule has 1 atom stereocenters. The molecule has 2 aromatic rings. The Labute approximate surface area is 110 Å². The van der Waals surface area contributed by atoms with E-state index in [0.717, 1.165) is 5.69 Å². The second-order valence-corrected chi connectivity index (χ2v) is 5.19. The van der Waals surface area contributed by atoms with Crippen molar-refractivity contribution in [1.29, 1.82) is 0 Å². The van der Waals surface area contributed by atoms with Gasteiger partial charge >= 0.3 is 0 Å². The SMILES string of the molecule is Cc1ccccc1N1C(N)=NCC1c1cncs1. The molecule has 2 heterocycles. The zero-order chi connectivity index (χ0) is 12.5. The summed E-state index contributed by atoms with van der Waals surface area (Å²) in [5, 5.41) is 0. The second-order valence-electron chi connectivity index (χ2n) is 4.27. The van der Waals surface area contributed by atoms with E-state index in [1.165, 1.54) is 10.4 Å². The third-order valence-corrected chi connectivity index (χ3v) is 4.02. The highest BCUT2D eigenvalue weighted by Gasteiger charge is 2.30. The lowest BCUT2D eigenvalue weighted by Crippen LogP contribution is -2.36. The number of nitrogens with zero attached hydrogens (tertiary/aromatic N) is 3. The van der Waals surface area contributed by atoms with Gasteiger partial charge < -0.3 is 10.6 Å². The standard InChI is InChI=1S/C13H14N4S/c1-9-4-2-3-5-10(9)17-11(6-16-13(17)14)12-7-15-8-18-12/h2-5,7-8,11H,6H2,1H3,(H2,14,16). The van der Waals surface area contributed by atoms with Gasteiger partial charge in [0.05, 0.1) is 18.1 Å². The van der Waals surface area contributed by atoms with Crippen LogP contribution in [0.15, 0.2) is 41.0 Å². The van der Waals surface area contributed by atoms with Crippen LogP contribution < -0.4 is 10.6 Å². The van der Waals surface area contributed by atoms with Crippen LogP contribution in [0.4, 0.5) is 5.69 Å². The number of rotatable bonds is 2. The molecule has 0 saturated heterocycles. The maximum atomic E-state index is 6.04. The molecule has 1 aliphatic rings. The Bertz CT molecular complexity index is 576. The van der Waals surface area contributed by atoms with E-state index in [4.69, 9.17) is 5.73 Å². The summed E-state index contributed by atoms with van der Waals surface area (Å²) in [5.74, 6) is 0.586. The van der Waals surface area contributed by atoms with Gasteiger partial charge in [-0.15, -0.1) is 11.3 Å². The van der Waals surface area contributed by atoms with Gasteiger partial charge in [-0.05, 0) is 18.6 Å². The summed E-state index contributed by atoms with van der Waals surface area (Å²) in [6, 6.07) is 8.40. The van der Waals surface area contributed by atoms with E-state index in [2.05, 4.69) is 33.9 Å². The molecule has 1 aromatic carbocycles. The summed E-state index contributed by atoms with van der Waals surface area (Å²) in [6.07, 6.45) is 1.90. The monoisotopic (exact) mass is 258 g/mol. The molecule has 0 amide bonds. The first-order chi connectivity index (χ1) is 8.77. The lowest BCUT2D eigenvalue weighted by molar-refractivity contribution is 0.780. The Balaban J connectivity index is 2.03. The molecule has 0 saturated carbocycles. The molecule has 18 heavy (non-hydrogen) atoms. The molecule has 4 nitrogen and oxygen atoms in total. The number of para-hydroxylation sites is 1. The number of guanidine groups is 1. The maximum Gasteiger partial charge on any atom is 0.196 e. The van der Waals surface area contributed by atoms with E-state index >= 15 is 0 Å². The van der Waals surface area contributed by atoms with E-state index in [9.17, 15) is 0 Å². The predicted octanol–water partition coefficient (Wildman–Crippen LogP) is 2.33. The molecule has 1 unspecified atom stereocenters. The zero-order valence-corrected chi connectivity index (χ0v) is 10.9. The van der Waals surface area contributed by atoms with E-state index in [0.29, 0.717) is 12.5 Å². The second kappa shape index (κ2) is 4.42. The highest BCUT2D eigenvalue weighted by Crippen LogP contribution is 2.34. The first-order valence-electron chi connectivity index (χ1n) is 5.80. The summed E-state index contributed by atoms with van der Waals surface area (Å²) in [6.45, 7) is 2.78. The van der Waals surface area contributed by atoms with Crippen molar-refractivity contribution in [2.45, 2.75) is 13.0 Å². The third-order valence-electron chi connectivity index (χ3n) is 3.14. The molecular weight excluding hydrogens is 244 g/mol. The maximum absolute atomic E-state index is 6.04. The normalized spacial score (nSPS) is 19.1. The lowest BCUT2D eigenvalue weighted by atomic mass is 10.1. The van der Waals surface area contributed by atoms with E-state index in [1.54, 1.807) is 11.3 Å². The van der Waals surface area contributed by atoms with Crippen LogP contribution in [-0.2, 0) is 0 Å². The van der Waals surface area contributed by atoms with Crippen molar-refractivity contribution in [3.8, 4) is 0 Å². The molecule has 5 heteroatoms. The number of hydrogen-bond acceptors (Lipinski definition) is 5. The van der Waals surface area contributed by atoms with Crippen molar-refractivity contribution in [2.24, 2.45) is 10.7 Å². The summed E-state index contributed by atoms with van der Waals surface area (Å²) >= 11 is 1.64. The number of nitrogens with two attached hydrogens (primary N) is 1. The summed E-state index contributed by atoms with van der Waals surface area (Å²) in [5.41, 5.74) is 10.2. The number of aryl methyl sites for hydroxylation is 1. The average molecular weight is 258 g/mol. The molecular formula is C13H14N4S. The van der Waals surface area contributed by atoms with Crippen LogP contribution in [-0.4, -0.2) is 17.5 Å². The van der Waals surface area contributed by atoms with Crippen LogP contribution in [0.1, 0.15) is 16.5 Å². The molecule has 1 aromatic heterocycles. The molecule has 92 valence electrons. The Morgan fingerprint density at radius 3 is 2.94 bits per heavy atom. The van der Waals surface area contributed by atoms with Crippen LogP contribution in [0.2, 0.25) is 0 Å². The number of thiazole rings is 1. The Kier molecular flexibility index (Phi) is 2.76. The Morgan fingerprint density at radius 1 is 1.39 bits per heavy atom. The van der Waals surface area contributed by atoms with Gasteiger partial charge in [-0.1, -0.05) is 18.2 Å². The molecule has 0 aliphatic carbocycles. The minimum Gasteiger partial charge on any atom is -0.369 e. The predicted molar refractivity (Wildman–Crippen MR) is 75.0 cm³/mol. The lowest BCUT2D eigenvalue weighted by Gasteiger charge is -2.26. The summed E-state index contributed by atoms with van der Waals surface area (Å²) in [7, 11) is 0. The van der Waals surface area contributed by atoms with Crippen molar-refractivity contribution >= 4 is 23.0 Å². The Morgan fingerprint density at radius 2 is 2.22 bits per heavy atom. The van der Waals surface area contributed by atoms with Crippen molar-refractivity contribution in [3.63, 3.8) is 0 Å². The van der Waals surface area contributed by atoms with Gasteiger partial charge in [0.1, 0.15) is 0 Å². The third kappa shape index (κ3) is 1.76. The average Bonchev–Trinajstić information content (AvgIpc) is 2.99. The summed E-state index contributed by atoms with van der Waals surface area (Å²) in [4.78, 5) is 11.8. The highest BCUT2D eigenvalue weighted by atomic mass is 32.1. The van der Waals surface area contributed by atoms with Crippen molar-refractivity contribution < 1.29 is 0 Å². The molecule has 3 rings (SSSR count). The van der Waals surface area contributed by atoms with Gasteiger partial charge in [0.25, 0.3) is 0 Å². The van der Waals surface area contributed by atoms with Gasteiger partial charge in [0, 0.05) is 16.8 Å². The van der Waals surface area contributed by atoms with Gasteiger partial charge in [0.15, 0.2) is 5.96 Å². The van der Waals surface area contributed by atoms with Crippen LogP contribution in [0.25, 0.3) is 0 Å². The smallest absolute Gasteiger partial charge is 0.196 e. The largest absolute Gasteiger partial charge is 0.369 e. The van der Waals surface area contributed by atoms with Crippen LogP contribution in [0.5, 0.6) is 0 Å². The fourth-order valence-corrected chi connectivity index (χ4v) is 2.93. The van der Waals surface area contributed by atoms with Gasteiger partial charge in [0.2, 0.25) is 0 Å². The zero-order valence-electron chi connectivity index (χ0n) is 10.1. The number of anilines is 1. The van der Waals surface area contributed by atoms with E-state index < -0.39 is 0 Å². The fourth-order valence-electron chi connectivity index (χ4n) is 2.23. The number of aliphatic imine (C=N–C) groups is 1. The van der Waals surface area contributed by atoms with Crippen LogP contribution in [0.3, 0.4) is 0 Å². The van der Waals surface area contributed by atoms with Crippen LogP contribution in [0, 0.1) is 6.92 Å². The highest BCUT2D eigenvalue weighted by molar-refractivity contribution is 7.09. The summed E-state index contributed by atoms with van der Waals surface area (Å²) < 4.78 is 0. The molecule has 2 N–H and O–H groups in total. The molecule has 0 bridgehead atoms. The van der Waals surface area contributed by atoms with E-state index in [1.807, 2.05) is 23.8 Å².